The average Bonchev–Trinajstić information content (AvgIpc) is 2.72. The van der Waals surface area contributed by atoms with Crippen molar-refractivity contribution >= 4 is 38.9 Å². The van der Waals surface area contributed by atoms with E-state index in [0.29, 0.717) is 41.0 Å². The molecule has 0 unspecified atom stereocenters. The van der Waals surface area contributed by atoms with Gasteiger partial charge in [0.05, 0.1) is 36.4 Å². The van der Waals surface area contributed by atoms with Crippen LogP contribution in [0.1, 0.15) is 13.8 Å². The molecule has 0 aliphatic rings. The fourth-order valence-corrected chi connectivity index (χ4v) is 4.57. The highest BCUT2D eigenvalue weighted by Crippen LogP contribution is 2.29. The molecule has 0 saturated heterocycles. The number of amides is 1. The minimum atomic E-state index is -3.64. The molecule has 2 N–H and O–H groups in total. The molecule has 0 bridgehead atoms. The molecule has 0 aliphatic heterocycles. The molecule has 0 radical (unpaired) electrons. The summed E-state index contributed by atoms with van der Waals surface area (Å²) in [5, 5.41) is 6.02. The van der Waals surface area contributed by atoms with Gasteiger partial charge in [-0.15, -0.1) is 0 Å². The van der Waals surface area contributed by atoms with Crippen molar-refractivity contribution in [2.75, 3.05) is 44.5 Å². The molecular weight excluding hydrogens is 430 g/mol. The largest absolute Gasteiger partial charge is 0.495 e. The summed E-state index contributed by atoms with van der Waals surface area (Å²) in [6, 6.07) is 9.40. The fraction of sp³-hybridized carbons (Fsp3) is 0.350. The molecule has 0 aromatic heterocycles. The van der Waals surface area contributed by atoms with Gasteiger partial charge in [0.2, 0.25) is 15.9 Å². The number of nitrogens with zero attached hydrogens (tertiary/aromatic N) is 1. The maximum atomic E-state index is 12.8. The summed E-state index contributed by atoms with van der Waals surface area (Å²) in [6.45, 7) is 4.18. The van der Waals surface area contributed by atoms with Crippen molar-refractivity contribution in [2.24, 2.45) is 0 Å². The third-order valence-electron chi connectivity index (χ3n) is 4.39. The quantitative estimate of drug-likeness (QED) is 0.569. The minimum Gasteiger partial charge on any atom is -0.495 e. The van der Waals surface area contributed by atoms with E-state index in [-0.39, 0.29) is 17.3 Å². The van der Waals surface area contributed by atoms with Crippen molar-refractivity contribution in [1.29, 1.82) is 0 Å². The van der Waals surface area contributed by atoms with Crippen LogP contribution in [-0.4, -0.2) is 52.5 Å². The van der Waals surface area contributed by atoms with Gasteiger partial charge in [-0.2, -0.15) is 4.31 Å². The average molecular weight is 456 g/mol. The first-order valence-electron chi connectivity index (χ1n) is 9.32. The third-order valence-corrected chi connectivity index (χ3v) is 6.73. The van der Waals surface area contributed by atoms with Crippen LogP contribution in [-0.2, 0) is 14.8 Å². The van der Waals surface area contributed by atoms with Crippen LogP contribution in [0.2, 0.25) is 5.02 Å². The van der Waals surface area contributed by atoms with Gasteiger partial charge in [0, 0.05) is 18.8 Å². The number of carbonyl (C=O) groups is 1. The zero-order chi connectivity index (χ0) is 22.3. The van der Waals surface area contributed by atoms with Crippen LogP contribution in [0.15, 0.2) is 41.3 Å². The van der Waals surface area contributed by atoms with Crippen molar-refractivity contribution in [3.63, 3.8) is 0 Å². The standard InChI is InChI=1S/C20H26ClN3O5S/c1-5-24(6-2)30(26,27)15-8-10-19(29-4)17(12-15)22-13-20(25)23-14-7-9-18(28-3)16(21)11-14/h7-12,22H,5-6,13H2,1-4H3,(H,23,25). The predicted octanol–water partition coefficient (Wildman–Crippen LogP) is 3.44. The second kappa shape index (κ2) is 10.5. The molecule has 2 aromatic rings. The van der Waals surface area contributed by atoms with Crippen molar-refractivity contribution in [3.05, 3.63) is 41.4 Å². The van der Waals surface area contributed by atoms with Crippen LogP contribution in [0.3, 0.4) is 0 Å². The van der Waals surface area contributed by atoms with Gasteiger partial charge in [0.15, 0.2) is 0 Å². The van der Waals surface area contributed by atoms with E-state index < -0.39 is 10.0 Å². The Morgan fingerprint density at radius 1 is 1.03 bits per heavy atom. The number of carbonyl (C=O) groups excluding carboxylic acids is 1. The SMILES string of the molecule is CCN(CC)S(=O)(=O)c1ccc(OC)c(NCC(=O)Nc2ccc(OC)c(Cl)c2)c1. The Morgan fingerprint density at radius 2 is 1.67 bits per heavy atom. The van der Waals surface area contributed by atoms with Gasteiger partial charge in [-0.25, -0.2) is 8.42 Å². The Morgan fingerprint density at radius 3 is 2.23 bits per heavy atom. The van der Waals surface area contributed by atoms with Crippen LogP contribution < -0.4 is 20.1 Å². The number of hydrogen-bond acceptors (Lipinski definition) is 6. The number of hydrogen-bond donors (Lipinski definition) is 2. The van der Waals surface area contributed by atoms with Gasteiger partial charge >= 0.3 is 0 Å². The number of sulfonamides is 1. The summed E-state index contributed by atoms with van der Waals surface area (Å²) < 4.78 is 37.3. The van der Waals surface area contributed by atoms with E-state index in [0.717, 1.165) is 0 Å². The van der Waals surface area contributed by atoms with Crippen LogP contribution in [0.4, 0.5) is 11.4 Å². The molecule has 0 atom stereocenters. The van der Waals surface area contributed by atoms with Gasteiger partial charge < -0.3 is 20.1 Å². The number of ether oxygens (including phenoxy) is 2. The molecule has 0 saturated carbocycles. The van der Waals surface area contributed by atoms with Gasteiger partial charge in [-0.3, -0.25) is 4.79 Å². The third kappa shape index (κ3) is 5.56. The predicted molar refractivity (Wildman–Crippen MR) is 118 cm³/mol. The molecule has 0 heterocycles. The number of nitrogens with one attached hydrogen (secondary N) is 2. The minimum absolute atomic E-state index is 0.102. The summed E-state index contributed by atoms with van der Waals surface area (Å²) >= 11 is 6.07. The zero-order valence-corrected chi connectivity index (χ0v) is 18.9. The molecule has 8 nitrogen and oxygen atoms in total. The van der Waals surface area contributed by atoms with Crippen LogP contribution >= 0.6 is 11.6 Å². The van der Waals surface area contributed by atoms with Gasteiger partial charge in [0.1, 0.15) is 11.5 Å². The van der Waals surface area contributed by atoms with E-state index in [9.17, 15) is 13.2 Å². The molecular formula is C20H26ClN3O5S. The smallest absolute Gasteiger partial charge is 0.243 e. The van der Waals surface area contributed by atoms with E-state index in [1.54, 1.807) is 38.1 Å². The zero-order valence-electron chi connectivity index (χ0n) is 17.4. The molecule has 2 rings (SSSR count). The highest BCUT2D eigenvalue weighted by molar-refractivity contribution is 7.89. The number of benzene rings is 2. The van der Waals surface area contributed by atoms with Crippen LogP contribution in [0, 0.1) is 0 Å². The van der Waals surface area contributed by atoms with Gasteiger partial charge in [0.25, 0.3) is 0 Å². The monoisotopic (exact) mass is 455 g/mol. The highest BCUT2D eigenvalue weighted by atomic mass is 35.5. The maximum Gasteiger partial charge on any atom is 0.243 e. The Labute approximate surface area is 182 Å². The Bertz CT molecular complexity index is 994. The van der Waals surface area contributed by atoms with E-state index in [1.165, 1.54) is 30.7 Å². The highest BCUT2D eigenvalue weighted by Gasteiger charge is 2.23. The second-order valence-electron chi connectivity index (χ2n) is 6.20. The van der Waals surface area contributed by atoms with E-state index >= 15 is 0 Å². The Hall–Kier alpha value is -2.49. The number of anilines is 2. The summed E-state index contributed by atoms with van der Waals surface area (Å²) in [7, 11) is -0.660. The van der Waals surface area contributed by atoms with Gasteiger partial charge in [-0.05, 0) is 36.4 Å². The number of halogens is 1. The van der Waals surface area contributed by atoms with Crippen LogP contribution in [0.25, 0.3) is 0 Å². The lowest BCUT2D eigenvalue weighted by atomic mass is 10.2. The molecule has 164 valence electrons. The molecule has 1 amide bonds. The molecule has 0 fully saturated rings. The second-order valence-corrected chi connectivity index (χ2v) is 8.55. The Kier molecular flexibility index (Phi) is 8.33. The van der Waals surface area contributed by atoms with Crippen molar-refractivity contribution < 1.29 is 22.7 Å². The van der Waals surface area contributed by atoms with Crippen LogP contribution in [0.5, 0.6) is 11.5 Å². The lowest BCUT2D eigenvalue weighted by Crippen LogP contribution is -2.30. The fourth-order valence-electron chi connectivity index (χ4n) is 2.82. The maximum absolute atomic E-state index is 12.8. The van der Waals surface area contributed by atoms with Crippen molar-refractivity contribution in [1.82, 2.24) is 4.31 Å². The molecule has 0 spiro atoms. The summed E-state index contributed by atoms with van der Waals surface area (Å²) in [6.07, 6.45) is 0. The first kappa shape index (κ1) is 23.8. The van der Waals surface area contributed by atoms with E-state index in [1.807, 2.05) is 0 Å². The first-order valence-corrected chi connectivity index (χ1v) is 11.1. The lowest BCUT2D eigenvalue weighted by Gasteiger charge is -2.20. The van der Waals surface area contributed by atoms with Crippen molar-refractivity contribution in [3.8, 4) is 11.5 Å². The number of rotatable bonds is 10. The summed E-state index contributed by atoms with van der Waals surface area (Å²) in [5.41, 5.74) is 0.908. The molecule has 10 heteroatoms. The number of methoxy groups -OCH3 is 2. The molecule has 2 aromatic carbocycles. The topological polar surface area (TPSA) is 97.0 Å². The lowest BCUT2D eigenvalue weighted by molar-refractivity contribution is -0.114. The van der Waals surface area contributed by atoms with Crippen molar-refractivity contribution in [2.45, 2.75) is 18.7 Å². The summed E-state index contributed by atoms with van der Waals surface area (Å²) in [4.78, 5) is 12.4. The van der Waals surface area contributed by atoms with E-state index in [4.69, 9.17) is 21.1 Å². The first-order chi connectivity index (χ1) is 14.3. The van der Waals surface area contributed by atoms with E-state index in [2.05, 4.69) is 10.6 Å². The van der Waals surface area contributed by atoms with Gasteiger partial charge in [-0.1, -0.05) is 25.4 Å². The normalized spacial score (nSPS) is 11.3. The Balaban J connectivity index is 2.15. The molecule has 0 aliphatic carbocycles. The molecule has 30 heavy (non-hydrogen) atoms. The summed E-state index contributed by atoms with van der Waals surface area (Å²) in [5.74, 6) is 0.591.